The predicted molar refractivity (Wildman–Crippen MR) is 75.6 cm³/mol. The highest BCUT2D eigenvalue weighted by Crippen LogP contribution is 2.33. The maximum absolute atomic E-state index is 11.8. The standard InChI is InChI=1S/C14H16ClNO4/c1-2-16-11-6-9(5-10(15)7-14(18)19)3-4-12(11)20-8-13(16)17/h3-4,6,10H,2,5,7-8H2,1H3,(H,18,19). The zero-order valence-corrected chi connectivity index (χ0v) is 11.9. The Morgan fingerprint density at radius 3 is 2.95 bits per heavy atom. The Kier molecular flexibility index (Phi) is 4.49. The highest BCUT2D eigenvalue weighted by molar-refractivity contribution is 6.21. The van der Waals surface area contributed by atoms with Crippen molar-refractivity contribution in [3.05, 3.63) is 23.8 Å². The Labute approximate surface area is 122 Å². The number of nitrogens with zero attached hydrogens (tertiary/aromatic N) is 1. The summed E-state index contributed by atoms with van der Waals surface area (Å²) in [5, 5.41) is 8.24. The molecule has 0 fully saturated rings. The number of hydrogen-bond acceptors (Lipinski definition) is 3. The van der Waals surface area contributed by atoms with Gasteiger partial charge < -0.3 is 14.7 Å². The molecule has 2 rings (SSSR count). The molecule has 1 aliphatic rings. The fraction of sp³-hybridized carbons (Fsp3) is 0.429. The smallest absolute Gasteiger partial charge is 0.304 e. The van der Waals surface area contributed by atoms with E-state index in [1.807, 2.05) is 19.1 Å². The van der Waals surface area contributed by atoms with Gasteiger partial charge in [0.2, 0.25) is 0 Å². The molecule has 1 aromatic rings. The third kappa shape index (κ3) is 3.22. The SMILES string of the molecule is CCN1C(=O)COc2ccc(CC(Cl)CC(=O)O)cc21. The van der Waals surface area contributed by atoms with Crippen molar-refractivity contribution < 1.29 is 19.4 Å². The molecule has 0 bridgehead atoms. The average molecular weight is 298 g/mol. The van der Waals surface area contributed by atoms with E-state index in [0.29, 0.717) is 18.7 Å². The first kappa shape index (κ1) is 14.7. The van der Waals surface area contributed by atoms with Gasteiger partial charge >= 0.3 is 5.97 Å². The Bertz CT molecular complexity index is 532. The Hall–Kier alpha value is -1.75. The van der Waals surface area contributed by atoms with E-state index in [0.717, 1.165) is 11.3 Å². The first-order chi connectivity index (χ1) is 9.51. The van der Waals surface area contributed by atoms with Gasteiger partial charge in [0.25, 0.3) is 5.91 Å². The first-order valence-corrected chi connectivity index (χ1v) is 6.87. The van der Waals surface area contributed by atoms with Gasteiger partial charge in [-0.05, 0) is 31.0 Å². The zero-order chi connectivity index (χ0) is 14.7. The van der Waals surface area contributed by atoms with Crippen molar-refractivity contribution in [1.29, 1.82) is 0 Å². The van der Waals surface area contributed by atoms with Gasteiger partial charge in [0.05, 0.1) is 12.1 Å². The van der Waals surface area contributed by atoms with Gasteiger partial charge in [0.1, 0.15) is 5.75 Å². The number of halogens is 1. The van der Waals surface area contributed by atoms with Crippen LogP contribution in [0.4, 0.5) is 5.69 Å². The third-order valence-electron chi connectivity index (χ3n) is 3.14. The number of carbonyl (C=O) groups excluding carboxylic acids is 1. The lowest BCUT2D eigenvalue weighted by molar-refractivity contribution is -0.137. The van der Waals surface area contributed by atoms with Crippen molar-refractivity contribution in [3.8, 4) is 5.75 Å². The minimum Gasteiger partial charge on any atom is -0.482 e. The van der Waals surface area contributed by atoms with Crippen LogP contribution in [0.2, 0.25) is 0 Å². The highest BCUT2D eigenvalue weighted by atomic mass is 35.5. The van der Waals surface area contributed by atoms with Crippen LogP contribution in [0.15, 0.2) is 18.2 Å². The molecule has 1 unspecified atom stereocenters. The van der Waals surface area contributed by atoms with Crippen LogP contribution in [0.25, 0.3) is 0 Å². The van der Waals surface area contributed by atoms with Crippen LogP contribution in [-0.2, 0) is 16.0 Å². The molecule has 1 aliphatic heterocycles. The number of amides is 1. The number of ether oxygens (including phenoxy) is 1. The number of aliphatic carboxylic acids is 1. The van der Waals surface area contributed by atoms with Crippen LogP contribution < -0.4 is 9.64 Å². The summed E-state index contributed by atoms with van der Waals surface area (Å²) in [5.74, 6) is -0.332. The normalized spacial score (nSPS) is 15.5. The van der Waals surface area contributed by atoms with Crippen molar-refractivity contribution in [2.45, 2.75) is 25.1 Å². The summed E-state index contributed by atoms with van der Waals surface area (Å²) in [5.41, 5.74) is 1.61. The van der Waals surface area contributed by atoms with Crippen LogP contribution >= 0.6 is 11.6 Å². The summed E-state index contributed by atoms with van der Waals surface area (Å²) in [6.45, 7) is 2.52. The van der Waals surface area contributed by atoms with E-state index in [1.54, 1.807) is 11.0 Å². The number of benzene rings is 1. The molecule has 0 spiro atoms. The van der Waals surface area contributed by atoms with Crippen molar-refractivity contribution in [2.24, 2.45) is 0 Å². The molecule has 0 aromatic heterocycles. The molecular formula is C14H16ClNO4. The molecule has 0 saturated heterocycles. The molecule has 0 aliphatic carbocycles. The number of rotatable bonds is 5. The summed E-state index contributed by atoms with van der Waals surface area (Å²) in [6, 6.07) is 5.48. The molecule has 6 heteroatoms. The van der Waals surface area contributed by atoms with E-state index < -0.39 is 11.3 Å². The van der Waals surface area contributed by atoms with Crippen molar-refractivity contribution in [3.63, 3.8) is 0 Å². The monoisotopic (exact) mass is 297 g/mol. The lowest BCUT2D eigenvalue weighted by atomic mass is 10.1. The molecule has 1 atom stereocenters. The second-order valence-corrected chi connectivity index (χ2v) is 5.25. The van der Waals surface area contributed by atoms with E-state index in [4.69, 9.17) is 21.4 Å². The maximum Gasteiger partial charge on any atom is 0.304 e. The quantitative estimate of drug-likeness (QED) is 0.845. The Balaban J connectivity index is 2.19. The van der Waals surface area contributed by atoms with Crippen molar-refractivity contribution in [2.75, 3.05) is 18.1 Å². The van der Waals surface area contributed by atoms with Crippen LogP contribution in [0.3, 0.4) is 0 Å². The number of anilines is 1. The third-order valence-corrected chi connectivity index (χ3v) is 3.44. The lowest BCUT2D eigenvalue weighted by Crippen LogP contribution is -2.38. The minimum absolute atomic E-state index is 0.0529. The Morgan fingerprint density at radius 2 is 2.30 bits per heavy atom. The van der Waals surface area contributed by atoms with Crippen LogP contribution in [0.1, 0.15) is 18.9 Å². The van der Waals surface area contributed by atoms with Gasteiger partial charge in [0, 0.05) is 11.9 Å². The number of likely N-dealkylation sites (N-methyl/N-ethyl adjacent to an activating group) is 1. The van der Waals surface area contributed by atoms with Gasteiger partial charge in [-0.2, -0.15) is 0 Å². The molecule has 108 valence electrons. The summed E-state index contributed by atoms with van der Waals surface area (Å²) >= 11 is 6.00. The number of alkyl halides is 1. The lowest BCUT2D eigenvalue weighted by Gasteiger charge is -2.28. The average Bonchev–Trinajstić information content (AvgIpc) is 2.37. The molecule has 0 radical (unpaired) electrons. The minimum atomic E-state index is -0.920. The molecule has 1 N–H and O–H groups in total. The molecule has 5 nitrogen and oxygen atoms in total. The summed E-state index contributed by atoms with van der Waals surface area (Å²) in [7, 11) is 0. The highest BCUT2D eigenvalue weighted by Gasteiger charge is 2.24. The van der Waals surface area contributed by atoms with Crippen LogP contribution in [0.5, 0.6) is 5.75 Å². The topological polar surface area (TPSA) is 66.8 Å². The van der Waals surface area contributed by atoms with Crippen LogP contribution in [0, 0.1) is 0 Å². The number of carboxylic acids is 1. The summed E-state index contributed by atoms with van der Waals surface area (Å²) in [6.07, 6.45) is 0.346. The van der Waals surface area contributed by atoms with Gasteiger partial charge in [-0.25, -0.2) is 0 Å². The molecule has 0 saturated carbocycles. The van der Waals surface area contributed by atoms with Gasteiger partial charge in [-0.3, -0.25) is 9.59 Å². The second kappa shape index (κ2) is 6.13. The van der Waals surface area contributed by atoms with Crippen LogP contribution in [-0.4, -0.2) is 35.5 Å². The van der Waals surface area contributed by atoms with Crippen molar-refractivity contribution in [1.82, 2.24) is 0 Å². The largest absolute Gasteiger partial charge is 0.482 e. The molecule has 1 amide bonds. The van der Waals surface area contributed by atoms with E-state index in [-0.39, 0.29) is 18.9 Å². The summed E-state index contributed by atoms with van der Waals surface area (Å²) < 4.78 is 5.37. The first-order valence-electron chi connectivity index (χ1n) is 6.43. The second-order valence-electron chi connectivity index (χ2n) is 4.63. The van der Waals surface area contributed by atoms with E-state index in [9.17, 15) is 9.59 Å². The number of carboxylic acid groups (broad SMARTS) is 1. The molecule has 1 heterocycles. The Morgan fingerprint density at radius 1 is 1.55 bits per heavy atom. The maximum atomic E-state index is 11.8. The molecule has 1 aromatic carbocycles. The number of hydrogen-bond donors (Lipinski definition) is 1. The summed E-state index contributed by atoms with van der Waals surface area (Å²) in [4.78, 5) is 24.0. The fourth-order valence-electron chi connectivity index (χ4n) is 2.24. The molecule has 20 heavy (non-hydrogen) atoms. The van der Waals surface area contributed by atoms with E-state index >= 15 is 0 Å². The number of carbonyl (C=O) groups is 2. The van der Waals surface area contributed by atoms with Gasteiger partial charge in [0.15, 0.2) is 6.61 Å². The molecular weight excluding hydrogens is 282 g/mol. The van der Waals surface area contributed by atoms with Crippen molar-refractivity contribution >= 4 is 29.2 Å². The van der Waals surface area contributed by atoms with Gasteiger partial charge in [-0.1, -0.05) is 6.07 Å². The zero-order valence-electron chi connectivity index (χ0n) is 11.1. The van der Waals surface area contributed by atoms with E-state index in [1.165, 1.54) is 0 Å². The van der Waals surface area contributed by atoms with E-state index in [2.05, 4.69) is 0 Å². The predicted octanol–water partition coefficient (Wildman–Crippen LogP) is 2.06. The number of fused-ring (bicyclic) bond motifs is 1. The van der Waals surface area contributed by atoms with Gasteiger partial charge in [-0.15, -0.1) is 11.6 Å². The fourth-order valence-corrected chi connectivity index (χ4v) is 2.55.